The first-order valence-corrected chi connectivity index (χ1v) is 25.4. The monoisotopic (exact) mass is 917 g/mol. The lowest BCUT2D eigenvalue weighted by Crippen LogP contribution is -1.92. The van der Waals surface area contributed by atoms with Crippen LogP contribution in [0.2, 0.25) is 0 Å². The summed E-state index contributed by atoms with van der Waals surface area (Å²) in [5.41, 5.74) is 23.4. The molecule has 0 unspecified atom stereocenters. The lowest BCUT2D eigenvalue weighted by Gasteiger charge is -2.11. The molecule has 0 aliphatic heterocycles. The van der Waals surface area contributed by atoms with Crippen LogP contribution in [0.25, 0.3) is 39.0 Å². The van der Waals surface area contributed by atoms with Gasteiger partial charge in [0.25, 0.3) is 0 Å². The lowest BCUT2D eigenvalue weighted by molar-refractivity contribution is 1.01. The van der Waals surface area contributed by atoms with E-state index in [1.165, 1.54) is 107 Å². The van der Waals surface area contributed by atoms with E-state index in [0.29, 0.717) is 0 Å². The second-order valence-electron chi connectivity index (χ2n) is 17.0. The molecule has 0 fully saturated rings. The number of benzene rings is 7. The minimum absolute atomic E-state index is 0.991. The smallest absolute Gasteiger partial charge is 0.00698 e. The zero-order valence-corrected chi connectivity index (χ0v) is 45.9. The Morgan fingerprint density at radius 1 is 0.464 bits per heavy atom. The van der Waals surface area contributed by atoms with Gasteiger partial charge in [-0.05, 0) is 147 Å². The van der Waals surface area contributed by atoms with Gasteiger partial charge in [-0.1, -0.05) is 278 Å². The fraction of sp³-hybridized carbons (Fsp3) is 0.275. The Labute approximate surface area is 423 Å². The second-order valence-corrected chi connectivity index (χ2v) is 17.0. The third-order valence-electron chi connectivity index (χ3n) is 11.0. The summed E-state index contributed by atoms with van der Waals surface area (Å²) >= 11 is 0. The van der Waals surface area contributed by atoms with Gasteiger partial charge in [0.1, 0.15) is 0 Å². The van der Waals surface area contributed by atoms with E-state index >= 15 is 0 Å². The van der Waals surface area contributed by atoms with Gasteiger partial charge in [0.15, 0.2) is 0 Å². The van der Waals surface area contributed by atoms with Crippen LogP contribution in [0.4, 0.5) is 0 Å². The standard InChI is InChI=1S/C20H18.C19H22.C16H20.C7H8.C3H8.2C2H6/c1-15-3-7-17(8-4-15)19-11-13-20(14-12-19)18-9-5-16(2)6-10-18;1-5-14(2)12-17-10-11-19(16(4)13-17)18-9-7-6-8-15(18)3;1-6-8-15(13(4)7-2)16-10-9-12(3)11-14(16)5;1-7-5-3-2-4-6-7;1-3-2;2*1-2/h3-14H,1-2H3;6-11,13H,2,5,12H2,1,3-4H3;6-11H,2H2,1,3-5H3;2-6H,1H3;3H2,1-2H3;2*1-2H3/b;;8-6-,15-13+;;;;. The van der Waals surface area contributed by atoms with E-state index in [-0.39, 0.29) is 0 Å². The van der Waals surface area contributed by atoms with Crippen molar-refractivity contribution in [1.82, 2.24) is 0 Å². The third-order valence-corrected chi connectivity index (χ3v) is 11.0. The van der Waals surface area contributed by atoms with E-state index < -0.39 is 0 Å². The number of hydrogen-bond acceptors (Lipinski definition) is 0. The Morgan fingerprint density at radius 3 is 1.28 bits per heavy atom. The predicted octanol–water partition coefficient (Wildman–Crippen LogP) is 21.4. The maximum atomic E-state index is 4.09. The molecule has 0 aliphatic rings. The maximum Gasteiger partial charge on any atom is -0.00698 e. The molecule has 0 saturated carbocycles. The Hall–Kier alpha value is -6.50. The van der Waals surface area contributed by atoms with Crippen molar-refractivity contribution in [2.24, 2.45) is 0 Å². The van der Waals surface area contributed by atoms with E-state index in [9.17, 15) is 0 Å². The lowest BCUT2D eigenvalue weighted by atomic mass is 9.93. The molecule has 7 aromatic carbocycles. The van der Waals surface area contributed by atoms with Gasteiger partial charge in [-0.15, -0.1) is 0 Å². The highest BCUT2D eigenvalue weighted by atomic mass is 14.1. The summed E-state index contributed by atoms with van der Waals surface area (Å²) < 4.78 is 0. The molecule has 0 nitrogen and oxygen atoms in total. The molecule has 7 aromatic rings. The molecule has 0 bridgehead atoms. The fourth-order valence-electron chi connectivity index (χ4n) is 7.13. The Balaban J connectivity index is 0.000000457. The van der Waals surface area contributed by atoms with E-state index in [1.807, 2.05) is 58.9 Å². The zero-order valence-electron chi connectivity index (χ0n) is 45.9. The molecule has 364 valence electrons. The van der Waals surface area contributed by atoms with Crippen LogP contribution >= 0.6 is 0 Å². The van der Waals surface area contributed by atoms with Crippen LogP contribution in [0, 0.1) is 48.5 Å². The van der Waals surface area contributed by atoms with Gasteiger partial charge in [0.05, 0.1) is 0 Å². The Bertz CT molecular complexity index is 2490. The molecule has 0 heteroatoms. The SMILES string of the molecule is C=C(CC)Cc1ccc(-c2ccccc2C)c(C)c1.C=C/C(C)=C(\C=C/C)c1ccc(C)cc1C.CC.CC.CCC.Cc1ccc(-c2ccc(-c3ccc(C)cc3)cc2)cc1.Cc1ccccc1. The van der Waals surface area contributed by atoms with Crippen LogP contribution in [0.5, 0.6) is 0 Å². The topological polar surface area (TPSA) is 0 Å². The van der Waals surface area contributed by atoms with Crippen LogP contribution in [0.1, 0.15) is 125 Å². The molecular weight excluding hydrogens is 829 g/mol. The molecule has 0 spiro atoms. The van der Waals surface area contributed by atoms with Gasteiger partial charge >= 0.3 is 0 Å². The molecule has 0 heterocycles. The van der Waals surface area contributed by atoms with Crippen molar-refractivity contribution >= 4 is 5.57 Å². The molecule has 0 radical (unpaired) electrons. The highest BCUT2D eigenvalue weighted by molar-refractivity contribution is 5.80. The summed E-state index contributed by atoms with van der Waals surface area (Å²) in [4.78, 5) is 0. The molecule has 0 saturated heterocycles. The van der Waals surface area contributed by atoms with Crippen LogP contribution in [0.15, 0.2) is 206 Å². The Kier molecular flexibility index (Phi) is 30.5. The Morgan fingerprint density at radius 2 is 0.884 bits per heavy atom. The van der Waals surface area contributed by atoms with Gasteiger partial charge in [0, 0.05) is 0 Å². The van der Waals surface area contributed by atoms with Gasteiger partial charge in [0.2, 0.25) is 0 Å². The summed E-state index contributed by atoms with van der Waals surface area (Å²) in [5, 5.41) is 0. The minimum atomic E-state index is 0.991. The average molecular weight is 917 g/mol. The van der Waals surface area contributed by atoms with Crippen molar-refractivity contribution in [3.8, 4) is 33.4 Å². The molecular formula is C69H88. The van der Waals surface area contributed by atoms with Crippen LogP contribution in [-0.4, -0.2) is 0 Å². The predicted molar refractivity (Wildman–Crippen MR) is 315 cm³/mol. The quantitative estimate of drug-likeness (QED) is 0.1000. The molecule has 0 amide bonds. The molecule has 0 aromatic heterocycles. The van der Waals surface area contributed by atoms with Crippen molar-refractivity contribution < 1.29 is 0 Å². The van der Waals surface area contributed by atoms with Crippen LogP contribution < -0.4 is 0 Å². The molecule has 69 heavy (non-hydrogen) atoms. The number of rotatable bonds is 9. The highest BCUT2D eigenvalue weighted by Crippen LogP contribution is 2.29. The highest BCUT2D eigenvalue weighted by Gasteiger charge is 2.07. The van der Waals surface area contributed by atoms with E-state index in [1.54, 1.807) is 0 Å². The molecule has 0 N–H and O–H groups in total. The zero-order chi connectivity index (χ0) is 51.7. The van der Waals surface area contributed by atoms with E-state index in [2.05, 4.69) is 247 Å². The molecule has 7 rings (SSSR count). The molecule has 0 atom stereocenters. The van der Waals surface area contributed by atoms with Crippen molar-refractivity contribution in [3.63, 3.8) is 0 Å². The van der Waals surface area contributed by atoms with Crippen molar-refractivity contribution in [2.45, 2.75) is 130 Å². The number of aryl methyl sites for hydroxylation is 7. The first kappa shape index (κ1) is 60.5. The minimum Gasteiger partial charge on any atom is -0.0995 e. The van der Waals surface area contributed by atoms with Crippen molar-refractivity contribution in [1.29, 1.82) is 0 Å². The van der Waals surface area contributed by atoms with E-state index in [0.717, 1.165) is 12.8 Å². The maximum absolute atomic E-state index is 4.09. The third kappa shape index (κ3) is 22.0. The summed E-state index contributed by atoms with van der Waals surface area (Å²) in [5.74, 6) is 0. The van der Waals surface area contributed by atoms with Crippen molar-refractivity contribution in [3.05, 3.63) is 256 Å². The first-order valence-electron chi connectivity index (χ1n) is 25.4. The van der Waals surface area contributed by atoms with Crippen LogP contribution in [-0.2, 0) is 6.42 Å². The van der Waals surface area contributed by atoms with Crippen LogP contribution in [0.3, 0.4) is 0 Å². The summed E-state index contributed by atoms with van der Waals surface area (Å²) in [6, 6.07) is 58.3. The van der Waals surface area contributed by atoms with Gasteiger partial charge in [-0.3, -0.25) is 0 Å². The largest absolute Gasteiger partial charge is 0.0995 e. The van der Waals surface area contributed by atoms with Gasteiger partial charge in [-0.2, -0.15) is 0 Å². The summed E-state index contributed by atoms with van der Waals surface area (Å²) in [6.45, 7) is 41.4. The molecule has 0 aliphatic carbocycles. The van der Waals surface area contributed by atoms with Gasteiger partial charge < -0.3 is 0 Å². The van der Waals surface area contributed by atoms with E-state index in [4.69, 9.17) is 0 Å². The normalized spacial score (nSPS) is 10.2. The summed E-state index contributed by atoms with van der Waals surface area (Å²) in [6.07, 6.45) is 9.43. The first-order chi connectivity index (χ1) is 33.2. The van der Waals surface area contributed by atoms with Crippen molar-refractivity contribution in [2.75, 3.05) is 0 Å². The number of hydrogen-bond donors (Lipinski definition) is 0. The number of allylic oxidation sites excluding steroid dienone is 6. The summed E-state index contributed by atoms with van der Waals surface area (Å²) in [7, 11) is 0. The average Bonchev–Trinajstić information content (AvgIpc) is 3.36. The second kappa shape index (κ2) is 34.7. The van der Waals surface area contributed by atoms with Gasteiger partial charge in [-0.25, -0.2) is 0 Å². The fourth-order valence-corrected chi connectivity index (χ4v) is 7.13.